The van der Waals surface area contributed by atoms with Crippen molar-refractivity contribution in [1.82, 2.24) is 0 Å². The molecule has 19 heavy (non-hydrogen) atoms. The van der Waals surface area contributed by atoms with E-state index in [2.05, 4.69) is 10.6 Å². The van der Waals surface area contributed by atoms with Gasteiger partial charge in [-0.05, 0) is 36.4 Å². The van der Waals surface area contributed by atoms with Crippen LogP contribution < -0.4 is 10.6 Å². The number of nitrogens with one attached hydrogen (secondary N) is 2. The summed E-state index contributed by atoms with van der Waals surface area (Å²) in [6, 6.07) is 9.74. The fourth-order valence-corrected chi connectivity index (χ4v) is 1.78. The van der Waals surface area contributed by atoms with Crippen LogP contribution in [-0.4, -0.2) is 6.03 Å². The van der Waals surface area contributed by atoms with Crippen molar-refractivity contribution in [3.05, 3.63) is 58.3 Å². The molecule has 0 aliphatic heterocycles. The lowest BCUT2D eigenvalue weighted by atomic mass is 10.3. The largest absolute Gasteiger partial charge is 0.323 e. The molecule has 0 aliphatic carbocycles. The first kappa shape index (κ1) is 13.6. The molecular weight excluding hydrogens is 290 g/mol. The molecule has 2 aromatic rings. The predicted molar refractivity (Wildman–Crippen MR) is 75.5 cm³/mol. The lowest BCUT2D eigenvalue weighted by Gasteiger charge is -2.09. The number of hydrogen-bond acceptors (Lipinski definition) is 1. The predicted octanol–water partition coefficient (Wildman–Crippen LogP) is 4.78. The number of hydrogen-bond donors (Lipinski definition) is 2. The van der Waals surface area contributed by atoms with Crippen LogP contribution >= 0.6 is 23.2 Å². The monoisotopic (exact) mass is 298 g/mol. The highest BCUT2D eigenvalue weighted by molar-refractivity contribution is 6.35. The zero-order valence-electron chi connectivity index (χ0n) is 9.58. The van der Waals surface area contributed by atoms with Gasteiger partial charge in [-0.3, -0.25) is 0 Å². The Labute approximate surface area is 119 Å². The molecule has 0 saturated heterocycles. The molecule has 6 heteroatoms. The second kappa shape index (κ2) is 5.91. The maximum atomic E-state index is 13.0. The minimum Gasteiger partial charge on any atom is -0.308 e. The van der Waals surface area contributed by atoms with E-state index in [1.165, 1.54) is 24.3 Å². The number of benzene rings is 2. The molecule has 0 bridgehead atoms. The number of halogens is 3. The Hall–Kier alpha value is -1.78. The minimum absolute atomic E-state index is 0.343. The SMILES string of the molecule is O=C(Nc1cccc(F)c1)Nc1cc(Cl)ccc1Cl. The molecule has 0 aliphatic rings. The molecule has 0 atom stereocenters. The lowest BCUT2D eigenvalue weighted by Crippen LogP contribution is -2.19. The quantitative estimate of drug-likeness (QED) is 0.823. The molecule has 0 saturated carbocycles. The molecule has 2 amide bonds. The topological polar surface area (TPSA) is 41.1 Å². The van der Waals surface area contributed by atoms with Gasteiger partial charge >= 0.3 is 6.03 Å². The Morgan fingerprint density at radius 3 is 2.58 bits per heavy atom. The van der Waals surface area contributed by atoms with Crippen LogP contribution in [0.2, 0.25) is 10.0 Å². The molecule has 2 N–H and O–H groups in total. The Morgan fingerprint density at radius 2 is 1.84 bits per heavy atom. The molecule has 98 valence electrons. The van der Waals surface area contributed by atoms with E-state index >= 15 is 0 Å². The van der Waals surface area contributed by atoms with Crippen LogP contribution in [0, 0.1) is 5.82 Å². The van der Waals surface area contributed by atoms with Gasteiger partial charge in [-0.2, -0.15) is 0 Å². The fraction of sp³-hybridized carbons (Fsp3) is 0. The molecular formula is C13H9Cl2FN2O. The van der Waals surface area contributed by atoms with E-state index in [9.17, 15) is 9.18 Å². The van der Waals surface area contributed by atoms with Crippen molar-refractivity contribution < 1.29 is 9.18 Å². The maximum Gasteiger partial charge on any atom is 0.323 e. The summed E-state index contributed by atoms with van der Waals surface area (Å²) in [4.78, 5) is 11.7. The van der Waals surface area contributed by atoms with Crippen molar-refractivity contribution in [3.8, 4) is 0 Å². The van der Waals surface area contributed by atoms with Gasteiger partial charge in [0.05, 0.1) is 10.7 Å². The van der Waals surface area contributed by atoms with Crippen LogP contribution in [-0.2, 0) is 0 Å². The second-order valence-electron chi connectivity index (χ2n) is 3.71. The average molecular weight is 299 g/mol. The van der Waals surface area contributed by atoms with Crippen LogP contribution in [0.25, 0.3) is 0 Å². The van der Waals surface area contributed by atoms with Crippen molar-refractivity contribution in [1.29, 1.82) is 0 Å². The first-order valence-corrected chi connectivity index (χ1v) is 6.09. The van der Waals surface area contributed by atoms with Gasteiger partial charge in [-0.1, -0.05) is 29.3 Å². The van der Waals surface area contributed by atoms with Gasteiger partial charge in [0.15, 0.2) is 0 Å². The first-order valence-electron chi connectivity index (χ1n) is 5.33. The zero-order valence-corrected chi connectivity index (χ0v) is 11.1. The third kappa shape index (κ3) is 3.84. The Kier molecular flexibility index (Phi) is 4.24. The molecule has 0 aromatic heterocycles. The molecule has 0 heterocycles. The number of carbonyl (C=O) groups excluding carboxylic acids is 1. The summed E-state index contributed by atoms with van der Waals surface area (Å²) in [5.74, 6) is -0.432. The van der Waals surface area contributed by atoms with Crippen molar-refractivity contribution in [2.24, 2.45) is 0 Å². The van der Waals surface area contributed by atoms with Crippen LogP contribution in [0.15, 0.2) is 42.5 Å². The molecule has 0 radical (unpaired) electrons. The number of anilines is 2. The number of urea groups is 1. The summed E-state index contributed by atoms with van der Waals surface area (Å²) in [5.41, 5.74) is 0.721. The van der Waals surface area contributed by atoms with Gasteiger partial charge in [-0.25, -0.2) is 9.18 Å². The van der Waals surface area contributed by atoms with Gasteiger partial charge in [0.2, 0.25) is 0 Å². The van der Waals surface area contributed by atoms with Crippen molar-refractivity contribution in [2.75, 3.05) is 10.6 Å². The normalized spacial score (nSPS) is 10.1. The van der Waals surface area contributed by atoms with Gasteiger partial charge in [-0.15, -0.1) is 0 Å². The minimum atomic E-state index is -0.533. The summed E-state index contributed by atoms with van der Waals surface area (Å²) in [7, 11) is 0. The third-order valence-corrected chi connectivity index (χ3v) is 2.82. The van der Waals surface area contributed by atoms with Gasteiger partial charge in [0.1, 0.15) is 5.82 Å². The molecule has 2 rings (SSSR count). The first-order chi connectivity index (χ1) is 9.04. The summed E-state index contributed by atoms with van der Waals surface area (Å²) < 4.78 is 13.0. The standard InChI is InChI=1S/C13H9Cl2FN2O/c14-8-4-5-11(15)12(6-8)18-13(19)17-10-3-1-2-9(16)7-10/h1-7H,(H2,17,18,19). The average Bonchev–Trinajstić information content (AvgIpc) is 2.34. The Bertz CT molecular complexity index is 619. The molecule has 2 aromatic carbocycles. The van der Waals surface area contributed by atoms with Crippen LogP contribution in [0.5, 0.6) is 0 Å². The van der Waals surface area contributed by atoms with Gasteiger partial charge in [0.25, 0.3) is 0 Å². The number of amides is 2. The highest BCUT2D eigenvalue weighted by Gasteiger charge is 2.07. The summed E-state index contributed by atoms with van der Waals surface area (Å²) in [6.45, 7) is 0. The number of rotatable bonds is 2. The number of carbonyl (C=O) groups is 1. The Morgan fingerprint density at radius 1 is 1.05 bits per heavy atom. The summed E-state index contributed by atoms with van der Waals surface area (Å²) in [5, 5.41) is 5.83. The van der Waals surface area contributed by atoms with E-state index in [1.54, 1.807) is 18.2 Å². The highest BCUT2D eigenvalue weighted by atomic mass is 35.5. The smallest absolute Gasteiger partial charge is 0.308 e. The lowest BCUT2D eigenvalue weighted by molar-refractivity contribution is 0.262. The van der Waals surface area contributed by atoms with E-state index in [0.717, 1.165) is 0 Å². The fourth-order valence-electron chi connectivity index (χ4n) is 1.44. The van der Waals surface area contributed by atoms with Crippen molar-refractivity contribution in [3.63, 3.8) is 0 Å². The van der Waals surface area contributed by atoms with Crippen LogP contribution in [0.1, 0.15) is 0 Å². The Balaban J connectivity index is 2.07. The van der Waals surface area contributed by atoms with E-state index < -0.39 is 11.8 Å². The molecule has 0 spiro atoms. The van der Waals surface area contributed by atoms with E-state index in [0.29, 0.717) is 21.4 Å². The molecule has 0 unspecified atom stereocenters. The third-order valence-electron chi connectivity index (χ3n) is 2.26. The second-order valence-corrected chi connectivity index (χ2v) is 4.56. The van der Waals surface area contributed by atoms with E-state index in [-0.39, 0.29) is 0 Å². The van der Waals surface area contributed by atoms with Gasteiger partial charge in [0, 0.05) is 10.7 Å². The van der Waals surface area contributed by atoms with Crippen molar-refractivity contribution in [2.45, 2.75) is 0 Å². The maximum absolute atomic E-state index is 13.0. The summed E-state index contributed by atoms with van der Waals surface area (Å²) in [6.07, 6.45) is 0. The molecule has 3 nitrogen and oxygen atoms in total. The highest BCUT2D eigenvalue weighted by Crippen LogP contribution is 2.25. The van der Waals surface area contributed by atoms with Crippen LogP contribution in [0.3, 0.4) is 0 Å². The zero-order chi connectivity index (χ0) is 13.8. The van der Waals surface area contributed by atoms with Gasteiger partial charge < -0.3 is 10.6 Å². The van der Waals surface area contributed by atoms with Crippen molar-refractivity contribution >= 4 is 40.6 Å². The van der Waals surface area contributed by atoms with E-state index in [4.69, 9.17) is 23.2 Å². The summed E-state index contributed by atoms with van der Waals surface area (Å²) >= 11 is 11.7. The van der Waals surface area contributed by atoms with E-state index in [1.807, 2.05) is 0 Å². The molecule has 0 fully saturated rings. The van der Waals surface area contributed by atoms with Crippen LogP contribution in [0.4, 0.5) is 20.6 Å².